The minimum absolute atomic E-state index is 0.140. The molecule has 0 saturated carbocycles. The van der Waals surface area contributed by atoms with Crippen LogP contribution in [-0.2, 0) is 22.1 Å². The first kappa shape index (κ1) is 14.9. The van der Waals surface area contributed by atoms with E-state index in [0.717, 1.165) is 5.56 Å². The standard InChI is InChI=1S/C13H19NO3S/c1-10(9-18(3)16)14-8-11-6-4-5-7-12(11)13(15)17-2/h4-7,10,14H,8-9H2,1-3H3. The van der Waals surface area contributed by atoms with Gasteiger partial charge in [0.2, 0.25) is 0 Å². The van der Waals surface area contributed by atoms with Gasteiger partial charge in [-0.25, -0.2) is 4.79 Å². The number of hydrogen-bond acceptors (Lipinski definition) is 4. The van der Waals surface area contributed by atoms with Crippen LogP contribution < -0.4 is 5.32 Å². The summed E-state index contributed by atoms with van der Waals surface area (Å²) in [6.45, 7) is 2.53. The van der Waals surface area contributed by atoms with Crippen molar-refractivity contribution in [3.05, 3.63) is 35.4 Å². The molecule has 0 fully saturated rings. The summed E-state index contributed by atoms with van der Waals surface area (Å²) in [5.74, 6) is 0.263. The Morgan fingerprint density at radius 1 is 1.44 bits per heavy atom. The Balaban J connectivity index is 2.67. The second kappa shape index (κ2) is 7.28. The fraction of sp³-hybridized carbons (Fsp3) is 0.462. The third-order valence-electron chi connectivity index (χ3n) is 2.55. The lowest BCUT2D eigenvalue weighted by Crippen LogP contribution is -2.31. The molecule has 2 atom stereocenters. The van der Waals surface area contributed by atoms with Gasteiger partial charge in [0.1, 0.15) is 0 Å². The second-order valence-corrected chi connectivity index (χ2v) is 5.65. The van der Waals surface area contributed by atoms with E-state index in [1.165, 1.54) is 7.11 Å². The highest BCUT2D eigenvalue weighted by molar-refractivity contribution is 7.84. The molecule has 18 heavy (non-hydrogen) atoms. The van der Waals surface area contributed by atoms with Crippen LogP contribution in [0.4, 0.5) is 0 Å². The summed E-state index contributed by atoms with van der Waals surface area (Å²) in [7, 11) is 0.547. The molecule has 0 radical (unpaired) electrons. The van der Waals surface area contributed by atoms with Crippen LogP contribution in [-0.4, -0.2) is 35.3 Å². The van der Waals surface area contributed by atoms with Crippen LogP contribution >= 0.6 is 0 Å². The maximum absolute atomic E-state index is 11.6. The zero-order chi connectivity index (χ0) is 13.5. The smallest absolute Gasteiger partial charge is 0.338 e. The van der Waals surface area contributed by atoms with Crippen molar-refractivity contribution >= 4 is 16.8 Å². The monoisotopic (exact) mass is 269 g/mol. The van der Waals surface area contributed by atoms with E-state index >= 15 is 0 Å². The number of benzene rings is 1. The third-order valence-corrected chi connectivity index (χ3v) is 3.52. The highest BCUT2D eigenvalue weighted by Gasteiger charge is 2.11. The number of esters is 1. The molecule has 5 heteroatoms. The van der Waals surface area contributed by atoms with Crippen LogP contribution in [0, 0.1) is 0 Å². The highest BCUT2D eigenvalue weighted by Crippen LogP contribution is 2.10. The molecule has 2 unspecified atom stereocenters. The lowest BCUT2D eigenvalue weighted by Gasteiger charge is -2.14. The zero-order valence-electron chi connectivity index (χ0n) is 10.9. The molecule has 0 amide bonds. The molecule has 1 aromatic carbocycles. The fourth-order valence-electron chi connectivity index (χ4n) is 1.68. The summed E-state index contributed by atoms with van der Waals surface area (Å²) in [6, 6.07) is 7.45. The van der Waals surface area contributed by atoms with E-state index in [0.29, 0.717) is 17.9 Å². The molecule has 1 N–H and O–H groups in total. The Morgan fingerprint density at radius 2 is 2.11 bits per heavy atom. The van der Waals surface area contributed by atoms with Crippen molar-refractivity contribution in [2.75, 3.05) is 19.1 Å². The molecule has 4 nitrogen and oxygen atoms in total. The van der Waals surface area contributed by atoms with Gasteiger partial charge in [0.05, 0.1) is 12.7 Å². The predicted octanol–water partition coefficient (Wildman–Crippen LogP) is 1.33. The summed E-state index contributed by atoms with van der Waals surface area (Å²) in [6.07, 6.45) is 1.68. The van der Waals surface area contributed by atoms with Crippen molar-refractivity contribution in [3.8, 4) is 0 Å². The van der Waals surface area contributed by atoms with Gasteiger partial charge in [0, 0.05) is 35.4 Å². The Labute approximate surface area is 110 Å². The van der Waals surface area contributed by atoms with Crippen molar-refractivity contribution < 1.29 is 13.7 Å². The number of methoxy groups -OCH3 is 1. The van der Waals surface area contributed by atoms with Crippen molar-refractivity contribution in [3.63, 3.8) is 0 Å². The first-order chi connectivity index (χ1) is 8.54. The number of rotatable bonds is 6. The normalized spacial score (nSPS) is 13.9. The minimum atomic E-state index is -0.823. The van der Waals surface area contributed by atoms with Crippen molar-refractivity contribution in [2.45, 2.75) is 19.5 Å². The van der Waals surface area contributed by atoms with Crippen LogP contribution in [0.2, 0.25) is 0 Å². The molecule has 0 spiro atoms. The Morgan fingerprint density at radius 3 is 2.72 bits per heavy atom. The maximum Gasteiger partial charge on any atom is 0.338 e. The van der Waals surface area contributed by atoms with Gasteiger partial charge in [-0.15, -0.1) is 0 Å². The summed E-state index contributed by atoms with van der Waals surface area (Å²) in [5, 5.41) is 3.25. The molecule has 0 aliphatic rings. The van der Waals surface area contributed by atoms with Gasteiger partial charge in [-0.1, -0.05) is 18.2 Å². The number of hydrogen-bond donors (Lipinski definition) is 1. The van der Waals surface area contributed by atoms with Crippen LogP contribution in [0.1, 0.15) is 22.8 Å². The van der Waals surface area contributed by atoms with Crippen molar-refractivity contribution in [2.24, 2.45) is 0 Å². The maximum atomic E-state index is 11.6. The van der Waals surface area contributed by atoms with E-state index in [2.05, 4.69) is 5.32 Å². The van der Waals surface area contributed by atoms with Gasteiger partial charge < -0.3 is 10.1 Å². The number of carbonyl (C=O) groups is 1. The topological polar surface area (TPSA) is 55.4 Å². The minimum Gasteiger partial charge on any atom is -0.465 e. The molecule has 0 aliphatic carbocycles. The average molecular weight is 269 g/mol. The SMILES string of the molecule is COC(=O)c1ccccc1CNC(C)CS(C)=O. The molecule has 0 aromatic heterocycles. The number of carbonyl (C=O) groups excluding carboxylic acids is 1. The molecule has 0 saturated heterocycles. The molecular formula is C13H19NO3S. The van der Waals surface area contributed by atoms with E-state index in [1.54, 1.807) is 18.4 Å². The van der Waals surface area contributed by atoms with Gasteiger partial charge in [-0.3, -0.25) is 4.21 Å². The van der Waals surface area contributed by atoms with Crippen molar-refractivity contribution in [1.82, 2.24) is 5.32 Å². The summed E-state index contributed by atoms with van der Waals surface area (Å²) in [5.41, 5.74) is 1.45. The summed E-state index contributed by atoms with van der Waals surface area (Å²) in [4.78, 5) is 11.6. The van der Waals surface area contributed by atoms with Gasteiger partial charge in [0.15, 0.2) is 0 Å². The molecule has 0 heterocycles. The van der Waals surface area contributed by atoms with Crippen LogP contribution in [0.5, 0.6) is 0 Å². The summed E-state index contributed by atoms with van der Waals surface area (Å²) >= 11 is 0. The van der Waals surface area contributed by atoms with Crippen molar-refractivity contribution in [1.29, 1.82) is 0 Å². The fourth-order valence-corrected chi connectivity index (χ4v) is 2.50. The van der Waals surface area contributed by atoms with E-state index in [-0.39, 0.29) is 12.0 Å². The zero-order valence-corrected chi connectivity index (χ0v) is 11.8. The molecule has 1 aromatic rings. The van der Waals surface area contributed by atoms with E-state index in [9.17, 15) is 9.00 Å². The summed E-state index contributed by atoms with van der Waals surface area (Å²) < 4.78 is 15.8. The molecule has 0 bridgehead atoms. The Kier molecular flexibility index (Phi) is 6.01. The predicted molar refractivity (Wildman–Crippen MR) is 73.0 cm³/mol. The number of ether oxygens (including phenoxy) is 1. The lowest BCUT2D eigenvalue weighted by atomic mass is 10.1. The van der Waals surface area contributed by atoms with E-state index in [4.69, 9.17) is 4.74 Å². The first-order valence-electron chi connectivity index (χ1n) is 5.74. The lowest BCUT2D eigenvalue weighted by molar-refractivity contribution is 0.0599. The van der Waals surface area contributed by atoms with E-state index in [1.807, 2.05) is 19.1 Å². The van der Waals surface area contributed by atoms with Gasteiger partial charge in [0.25, 0.3) is 0 Å². The Bertz CT molecular complexity index is 434. The van der Waals surface area contributed by atoms with Gasteiger partial charge in [-0.05, 0) is 18.6 Å². The Hall–Kier alpha value is -1.20. The van der Waals surface area contributed by atoms with Crippen LogP contribution in [0.25, 0.3) is 0 Å². The second-order valence-electron chi connectivity index (χ2n) is 4.17. The van der Waals surface area contributed by atoms with Crippen LogP contribution in [0.15, 0.2) is 24.3 Å². The molecule has 1 rings (SSSR count). The molecule has 100 valence electrons. The quantitative estimate of drug-likeness (QED) is 0.792. The van der Waals surface area contributed by atoms with Gasteiger partial charge >= 0.3 is 5.97 Å². The third kappa shape index (κ3) is 4.58. The average Bonchev–Trinajstić information content (AvgIpc) is 2.35. The van der Waals surface area contributed by atoms with E-state index < -0.39 is 10.8 Å². The van der Waals surface area contributed by atoms with Gasteiger partial charge in [-0.2, -0.15) is 0 Å². The molecular weight excluding hydrogens is 250 g/mol. The number of nitrogens with one attached hydrogen (secondary N) is 1. The highest BCUT2D eigenvalue weighted by atomic mass is 32.2. The first-order valence-corrected chi connectivity index (χ1v) is 7.47. The molecule has 0 aliphatic heterocycles. The largest absolute Gasteiger partial charge is 0.465 e. The van der Waals surface area contributed by atoms with Crippen LogP contribution in [0.3, 0.4) is 0 Å².